The van der Waals surface area contributed by atoms with Crippen LogP contribution in [0.2, 0.25) is 0 Å². The van der Waals surface area contributed by atoms with E-state index in [0.29, 0.717) is 27.7 Å². The van der Waals surface area contributed by atoms with Crippen molar-refractivity contribution in [2.75, 3.05) is 0 Å². The molecule has 0 aliphatic carbocycles. The molecule has 0 saturated carbocycles. The number of hydrogen-bond acceptors (Lipinski definition) is 8. The van der Waals surface area contributed by atoms with Crippen LogP contribution in [0.25, 0.3) is 23.1 Å². The quantitative estimate of drug-likeness (QED) is 0.0749. The molecule has 0 atom stereocenters. The average molecular weight is 520 g/mol. The van der Waals surface area contributed by atoms with Crippen LogP contribution >= 0.6 is 0 Å². The molecular weight excluding hydrogens is 498 g/mol. The molecule has 11 nitrogen and oxygen atoms in total. The van der Waals surface area contributed by atoms with Gasteiger partial charge in [0.2, 0.25) is 5.84 Å². The van der Waals surface area contributed by atoms with Crippen LogP contribution in [0.1, 0.15) is 27.5 Å². The Hall–Kier alpha value is -5.68. The minimum atomic E-state index is -0.441. The standard InChI is InChI=1S/C28H21N7O4/c29-31-27(37)19-11-14-20(15-12-19)32-33-26(24-10-5-17-39-24)34-35-25(16-13-18-6-1-4-9-23(18)36)30-22-8-3-2-7-21(22)28(35)38/h1-17,36H,29H2,(H,31,37)/b16-13+,33-32?,34-26+. The molecule has 192 valence electrons. The van der Waals surface area contributed by atoms with Gasteiger partial charge in [0.25, 0.3) is 11.5 Å². The Balaban J connectivity index is 1.62. The summed E-state index contributed by atoms with van der Waals surface area (Å²) in [5.41, 5.74) is 3.42. The maximum atomic E-state index is 13.5. The number of phenols is 1. The van der Waals surface area contributed by atoms with Gasteiger partial charge >= 0.3 is 0 Å². The highest BCUT2D eigenvalue weighted by atomic mass is 16.3. The van der Waals surface area contributed by atoms with E-state index in [-0.39, 0.29) is 23.2 Å². The molecule has 5 rings (SSSR count). The van der Waals surface area contributed by atoms with Crippen LogP contribution in [0, 0.1) is 0 Å². The van der Waals surface area contributed by atoms with Gasteiger partial charge in [0, 0.05) is 11.1 Å². The maximum absolute atomic E-state index is 13.5. The lowest BCUT2D eigenvalue weighted by Gasteiger charge is -2.07. The molecule has 0 aliphatic heterocycles. The van der Waals surface area contributed by atoms with Crippen LogP contribution in [0.4, 0.5) is 5.69 Å². The first-order valence-electron chi connectivity index (χ1n) is 11.7. The minimum Gasteiger partial charge on any atom is -0.507 e. The molecule has 0 unspecified atom stereocenters. The van der Waals surface area contributed by atoms with Crippen molar-refractivity contribution in [1.29, 1.82) is 0 Å². The van der Waals surface area contributed by atoms with E-state index in [4.69, 9.17) is 10.3 Å². The number of hydrazine groups is 1. The van der Waals surface area contributed by atoms with Gasteiger partial charge < -0.3 is 9.52 Å². The van der Waals surface area contributed by atoms with Crippen LogP contribution < -0.4 is 16.8 Å². The first kappa shape index (κ1) is 25.0. The number of fused-ring (bicyclic) bond motifs is 1. The fraction of sp³-hybridized carbons (Fsp3) is 0. The fourth-order valence-electron chi connectivity index (χ4n) is 3.63. The first-order valence-corrected chi connectivity index (χ1v) is 11.7. The van der Waals surface area contributed by atoms with Crippen LogP contribution in [-0.4, -0.2) is 26.5 Å². The number of hydrogen-bond donors (Lipinski definition) is 3. The van der Waals surface area contributed by atoms with Crippen molar-refractivity contribution in [3.05, 3.63) is 124 Å². The summed E-state index contributed by atoms with van der Waals surface area (Å²) in [4.78, 5) is 29.8. The number of rotatable bonds is 6. The molecule has 5 aromatic rings. The van der Waals surface area contributed by atoms with E-state index in [2.05, 4.69) is 25.7 Å². The molecule has 2 heterocycles. The SMILES string of the molecule is NNC(=O)c1ccc(N=N/C(=N/n2c(/C=C/c3ccccc3O)nc3ccccc3c2=O)c2ccco2)cc1. The van der Waals surface area contributed by atoms with Crippen LogP contribution in [0.3, 0.4) is 0 Å². The summed E-state index contributed by atoms with van der Waals surface area (Å²) in [5, 5.41) is 23.4. The Morgan fingerprint density at radius 1 is 0.974 bits per heavy atom. The summed E-state index contributed by atoms with van der Waals surface area (Å²) in [7, 11) is 0. The van der Waals surface area contributed by atoms with Crippen molar-refractivity contribution in [2.45, 2.75) is 0 Å². The number of furan rings is 1. The molecule has 2 aromatic heterocycles. The number of carbonyl (C=O) groups excluding carboxylic acids is 1. The highest BCUT2D eigenvalue weighted by Crippen LogP contribution is 2.20. The van der Waals surface area contributed by atoms with E-state index in [1.807, 2.05) is 0 Å². The molecule has 11 heteroatoms. The molecule has 0 radical (unpaired) electrons. The molecule has 3 aromatic carbocycles. The summed E-state index contributed by atoms with van der Waals surface area (Å²) < 4.78 is 6.60. The van der Waals surface area contributed by atoms with E-state index in [9.17, 15) is 14.7 Å². The molecule has 0 bridgehead atoms. The highest BCUT2D eigenvalue weighted by Gasteiger charge is 2.13. The van der Waals surface area contributed by atoms with Gasteiger partial charge in [-0.2, -0.15) is 4.68 Å². The average Bonchev–Trinajstić information content (AvgIpc) is 3.51. The number of aromatic hydroxyl groups is 1. The predicted octanol–water partition coefficient (Wildman–Crippen LogP) is 4.46. The van der Waals surface area contributed by atoms with Crippen molar-refractivity contribution in [3.63, 3.8) is 0 Å². The lowest BCUT2D eigenvalue weighted by molar-refractivity contribution is 0.0953. The summed E-state index contributed by atoms with van der Waals surface area (Å²) in [5.74, 6) is 5.26. The zero-order valence-electron chi connectivity index (χ0n) is 20.3. The number of azo groups is 1. The van der Waals surface area contributed by atoms with Gasteiger partial charge in [-0.1, -0.05) is 30.3 Å². The normalized spacial score (nSPS) is 12.0. The second kappa shape index (κ2) is 11.2. The van der Waals surface area contributed by atoms with Gasteiger partial charge in [-0.3, -0.25) is 15.0 Å². The first-order chi connectivity index (χ1) is 19.0. The number of amides is 1. The van der Waals surface area contributed by atoms with E-state index in [1.54, 1.807) is 97.1 Å². The molecule has 39 heavy (non-hydrogen) atoms. The fourth-order valence-corrected chi connectivity index (χ4v) is 3.63. The zero-order chi connectivity index (χ0) is 27.2. The van der Waals surface area contributed by atoms with Gasteiger partial charge in [-0.25, -0.2) is 10.8 Å². The molecule has 0 saturated heterocycles. The van der Waals surface area contributed by atoms with Crippen molar-refractivity contribution < 1.29 is 14.3 Å². The second-order valence-electron chi connectivity index (χ2n) is 8.12. The molecule has 4 N–H and O–H groups in total. The Bertz CT molecular complexity index is 1790. The van der Waals surface area contributed by atoms with Crippen molar-refractivity contribution in [3.8, 4) is 5.75 Å². The summed E-state index contributed by atoms with van der Waals surface area (Å²) in [6.07, 6.45) is 4.65. The number of amidine groups is 1. The number of benzene rings is 3. The summed E-state index contributed by atoms with van der Waals surface area (Å²) in [6.45, 7) is 0. The zero-order valence-corrected chi connectivity index (χ0v) is 20.3. The van der Waals surface area contributed by atoms with E-state index >= 15 is 0 Å². The van der Waals surface area contributed by atoms with Gasteiger partial charge in [0.1, 0.15) is 5.75 Å². The third kappa shape index (κ3) is 5.53. The van der Waals surface area contributed by atoms with Gasteiger partial charge in [0.15, 0.2) is 11.6 Å². The third-order valence-corrected chi connectivity index (χ3v) is 5.58. The molecule has 0 spiro atoms. The highest BCUT2D eigenvalue weighted by molar-refractivity contribution is 5.97. The predicted molar refractivity (Wildman–Crippen MR) is 146 cm³/mol. The van der Waals surface area contributed by atoms with Crippen LogP contribution in [0.15, 0.2) is 116 Å². The number of carbonyl (C=O) groups is 1. The molecule has 0 aliphatic rings. The number of nitrogen functional groups attached to an aromatic ring is 1. The number of para-hydroxylation sites is 2. The Labute approximate surface area is 221 Å². The molecule has 1 amide bonds. The van der Waals surface area contributed by atoms with Gasteiger partial charge in [0.05, 0.1) is 22.9 Å². The summed E-state index contributed by atoms with van der Waals surface area (Å²) >= 11 is 0. The smallest absolute Gasteiger partial charge is 0.282 e. The van der Waals surface area contributed by atoms with Crippen LogP contribution in [0.5, 0.6) is 5.75 Å². The topological polar surface area (TPSA) is 160 Å². The van der Waals surface area contributed by atoms with Gasteiger partial charge in [-0.05, 0) is 66.7 Å². The lowest BCUT2D eigenvalue weighted by atomic mass is 10.2. The Morgan fingerprint density at radius 3 is 2.49 bits per heavy atom. The molecular formula is C28H21N7O4. The van der Waals surface area contributed by atoms with E-state index in [1.165, 1.54) is 6.26 Å². The Morgan fingerprint density at radius 2 is 1.74 bits per heavy atom. The second-order valence-corrected chi connectivity index (χ2v) is 8.12. The number of nitrogens with one attached hydrogen (secondary N) is 1. The van der Waals surface area contributed by atoms with E-state index in [0.717, 1.165) is 4.68 Å². The van der Waals surface area contributed by atoms with Gasteiger partial charge in [-0.15, -0.1) is 15.3 Å². The van der Waals surface area contributed by atoms with Crippen molar-refractivity contribution >= 4 is 40.5 Å². The van der Waals surface area contributed by atoms with Crippen molar-refractivity contribution in [1.82, 2.24) is 15.1 Å². The number of phenolic OH excluding ortho intramolecular Hbond substituents is 1. The summed E-state index contributed by atoms with van der Waals surface area (Å²) in [6, 6.07) is 23.2. The van der Waals surface area contributed by atoms with E-state index < -0.39 is 11.5 Å². The minimum absolute atomic E-state index is 0.000155. The number of nitrogens with two attached hydrogens (primary N) is 1. The largest absolute Gasteiger partial charge is 0.507 e. The molecule has 0 fully saturated rings. The van der Waals surface area contributed by atoms with Crippen molar-refractivity contribution in [2.24, 2.45) is 21.2 Å². The maximum Gasteiger partial charge on any atom is 0.282 e. The third-order valence-electron chi connectivity index (χ3n) is 5.58. The number of aromatic nitrogens is 2. The van der Waals surface area contributed by atoms with Crippen LogP contribution in [-0.2, 0) is 0 Å². The lowest BCUT2D eigenvalue weighted by Crippen LogP contribution is -2.29. The number of nitrogens with zero attached hydrogens (tertiary/aromatic N) is 5. The monoisotopic (exact) mass is 519 g/mol. The Kier molecular flexibility index (Phi) is 7.15.